The zero-order valence-electron chi connectivity index (χ0n) is 8.75. The van der Waals surface area contributed by atoms with Crippen molar-refractivity contribution in [1.82, 2.24) is 10.2 Å². The number of halogens is 3. The number of aromatic nitrogens is 2. The number of hydrogen-bond acceptors (Lipinski definition) is 4. The van der Waals surface area contributed by atoms with Gasteiger partial charge in [-0.05, 0) is 19.1 Å². The fraction of sp³-hybridized carbons (Fsp3) is 0.222. The monoisotopic (exact) mass is 246 g/mol. The second-order valence-corrected chi connectivity index (χ2v) is 2.99. The van der Waals surface area contributed by atoms with Crippen LogP contribution in [0.4, 0.5) is 19.0 Å². The number of rotatable bonds is 3. The summed E-state index contributed by atoms with van der Waals surface area (Å²) in [5.41, 5.74) is 3.83. The molecule has 0 fully saturated rings. The highest BCUT2D eigenvalue weighted by Gasteiger charge is 2.33. The third kappa shape index (κ3) is 3.44. The molecule has 8 heteroatoms. The highest BCUT2D eigenvalue weighted by Crippen LogP contribution is 2.25. The first-order chi connectivity index (χ1) is 7.84. The fourth-order valence-electron chi connectivity index (χ4n) is 0.975. The van der Waals surface area contributed by atoms with Gasteiger partial charge in [-0.25, -0.2) is 0 Å². The van der Waals surface area contributed by atoms with E-state index in [0.29, 0.717) is 0 Å². The molecule has 5 nitrogen and oxygen atoms in total. The number of nitrogens with one attached hydrogen (secondary N) is 1. The summed E-state index contributed by atoms with van der Waals surface area (Å²) in [6, 6.07) is 2.36. The number of nitrogens with two attached hydrogens (primary N) is 1. The van der Waals surface area contributed by atoms with Gasteiger partial charge in [0.05, 0.1) is 0 Å². The minimum atomic E-state index is -4.50. The van der Waals surface area contributed by atoms with Crippen LogP contribution in [0.15, 0.2) is 23.9 Å². The Morgan fingerprint density at radius 2 is 2.06 bits per heavy atom. The number of anilines is 1. The van der Waals surface area contributed by atoms with Crippen LogP contribution in [0, 0.1) is 0 Å². The standard InChI is InChI=1S/C9H9F3N4O/c1-2-6(9(10,11)12)14-7-4-3-5(8(13)17)15-16-7/h2-4H,1H3,(H2,13,17)(H,14,16). The van der Waals surface area contributed by atoms with E-state index in [4.69, 9.17) is 5.73 Å². The van der Waals surface area contributed by atoms with Gasteiger partial charge in [0.15, 0.2) is 11.5 Å². The molecule has 0 unspecified atom stereocenters. The third-order valence-electron chi connectivity index (χ3n) is 1.77. The maximum Gasteiger partial charge on any atom is 0.430 e. The van der Waals surface area contributed by atoms with E-state index in [2.05, 4.69) is 10.2 Å². The van der Waals surface area contributed by atoms with Gasteiger partial charge in [0.2, 0.25) is 0 Å². The summed E-state index contributed by atoms with van der Waals surface area (Å²) >= 11 is 0. The molecule has 0 bridgehead atoms. The van der Waals surface area contributed by atoms with Gasteiger partial charge in [-0.15, -0.1) is 10.2 Å². The Morgan fingerprint density at radius 3 is 2.41 bits per heavy atom. The molecule has 1 amide bonds. The second-order valence-electron chi connectivity index (χ2n) is 2.99. The molecular weight excluding hydrogens is 237 g/mol. The van der Waals surface area contributed by atoms with Crippen molar-refractivity contribution in [2.24, 2.45) is 5.73 Å². The Kier molecular flexibility index (Phi) is 3.66. The first-order valence-electron chi connectivity index (χ1n) is 4.48. The highest BCUT2D eigenvalue weighted by atomic mass is 19.4. The molecule has 0 aromatic carbocycles. The summed E-state index contributed by atoms with van der Waals surface area (Å²) in [6.45, 7) is 1.24. The van der Waals surface area contributed by atoms with Crippen LogP contribution in [-0.2, 0) is 0 Å². The van der Waals surface area contributed by atoms with Crippen molar-refractivity contribution < 1.29 is 18.0 Å². The Morgan fingerprint density at radius 1 is 1.41 bits per heavy atom. The van der Waals surface area contributed by atoms with Gasteiger partial charge in [0, 0.05) is 0 Å². The molecule has 17 heavy (non-hydrogen) atoms. The molecule has 0 aliphatic carbocycles. The Bertz CT molecular complexity index is 439. The average molecular weight is 246 g/mol. The molecule has 1 aromatic heterocycles. The minimum absolute atomic E-state index is 0.121. The Labute approximate surface area is 94.5 Å². The first-order valence-corrected chi connectivity index (χ1v) is 4.48. The molecule has 0 aliphatic heterocycles. The van der Waals surface area contributed by atoms with Crippen molar-refractivity contribution in [2.75, 3.05) is 5.32 Å². The number of hydrogen-bond donors (Lipinski definition) is 2. The molecule has 1 heterocycles. The van der Waals surface area contributed by atoms with E-state index in [1.54, 1.807) is 0 Å². The van der Waals surface area contributed by atoms with Crippen molar-refractivity contribution in [3.05, 3.63) is 29.6 Å². The zero-order valence-corrected chi connectivity index (χ0v) is 8.75. The van der Waals surface area contributed by atoms with E-state index < -0.39 is 17.8 Å². The van der Waals surface area contributed by atoms with Gasteiger partial charge in [-0.3, -0.25) is 4.79 Å². The summed E-state index contributed by atoms with van der Waals surface area (Å²) < 4.78 is 37.1. The van der Waals surface area contributed by atoms with Crippen LogP contribution in [-0.4, -0.2) is 22.3 Å². The fourth-order valence-corrected chi connectivity index (χ4v) is 0.975. The van der Waals surface area contributed by atoms with Crippen LogP contribution in [0.5, 0.6) is 0 Å². The largest absolute Gasteiger partial charge is 0.430 e. The first kappa shape index (κ1) is 12.9. The van der Waals surface area contributed by atoms with Crippen molar-refractivity contribution in [2.45, 2.75) is 13.1 Å². The Hall–Kier alpha value is -2.12. The number of alkyl halides is 3. The van der Waals surface area contributed by atoms with Crippen LogP contribution >= 0.6 is 0 Å². The molecule has 0 radical (unpaired) electrons. The molecule has 0 atom stereocenters. The van der Waals surface area contributed by atoms with Crippen LogP contribution < -0.4 is 11.1 Å². The SMILES string of the molecule is CC=C(Nc1ccc(C(N)=O)nn1)C(F)(F)F. The molecule has 0 saturated carbocycles. The van der Waals surface area contributed by atoms with Crippen molar-refractivity contribution in [3.63, 3.8) is 0 Å². The van der Waals surface area contributed by atoms with Gasteiger partial charge in [-0.1, -0.05) is 6.08 Å². The van der Waals surface area contributed by atoms with Crippen molar-refractivity contribution in [3.8, 4) is 0 Å². The van der Waals surface area contributed by atoms with Gasteiger partial charge in [0.25, 0.3) is 5.91 Å². The summed E-state index contributed by atoms with van der Waals surface area (Å²) in [4.78, 5) is 10.7. The number of carbonyl (C=O) groups excluding carboxylic acids is 1. The molecule has 3 N–H and O–H groups in total. The molecular formula is C9H9F3N4O. The van der Waals surface area contributed by atoms with E-state index >= 15 is 0 Å². The number of primary amides is 1. The molecule has 1 aromatic rings. The summed E-state index contributed by atoms with van der Waals surface area (Å²) in [7, 11) is 0. The lowest BCUT2D eigenvalue weighted by molar-refractivity contribution is -0.0904. The third-order valence-corrected chi connectivity index (χ3v) is 1.77. The number of amides is 1. The smallest absolute Gasteiger partial charge is 0.364 e. The molecule has 0 saturated heterocycles. The maximum absolute atomic E-state index is 12.4. The van der Waals surface area contributed by atoms with Gasteiger partial charge < -0.3 is 11.1 Å². The zero-order chi connectivity index (χ0) is 13.1. The van der Waals surface area contributed by atoms with Crippen LogP contribution in [0.3, 0.4) is 0 Å². The predicted octanol–water partition coefficient (Wildman–Crippen LogP) is 1.45. The molecule has 0 aliphatic rings. The van der Waals surface area contributed by atoms with Crippen molar-refractivity contribution >= 4 is 11.7 Å². The lowest BCUT2D eigenvalue weighted by Crippen LogP contribution is -2.20. The van der Waals surface area contributed by atoms with Crippen molar-refractivity contribution in [1.29, 1.82) is 0 Å². The van der Waals surface area contributed by atoms with Gasteiger partial charge in [0.1, 0.15) is 5.70 Å². The quantitative estimate of drug-likeness (QED) is 0.845. The van der Waals surface area contributed by atoms with E-state index in [-0.39, 0.29) is 11.5 Å². The lowest BCUT2D eigenvalue weighted by Gasteiger charge is -2.12. The topological polar surface area (TPSA) is 80.9 Å². The number of allylic oxidation sites excluding steroid dienone is 2. The Balaban J connectivity index is 2.86. The molecule has 0 spiro atoms. The summed E-state index contributed by atoms with van der Waals surface area (Å²) in [5.74, 6) is -0.924. The summed E-state index contributed by atoms with van der Waals surface area (Å²) in [6.07, 6.45) is -3.64. The van der Waals surface area contributed by atoms with E-state index in [1.807, 2.05) is 5.32 Å². The maximum atomic E-state index is 12.4. The highest BCUT2D eigenvalue weighted by molar-refractivity contribution is 5.90. The second kappa shape index (κ2) is 4.81. The number of carbonyl (C=O) groups is 1. The number of nitrogens with zero attached hydrogens (tertiary/aromatic N) is 2. The molecule has 92 valence electrons. The van der Waals surface area contributed by atoms with Gasteiger partial charge >= 0.3 is 6.18 Å². The van der Waals surface area contributed by atoms with Crippen LogP contribution in [0.25, 0.3) is 0 Å². The lowest BCUT2D eigenvalue weighted by atomic mass is 10.3. The van der Waals surface area contributed by atoms with Crippen LogP contribution in [0.2, 0.25) is 0 Å². The van der Waals surface area contributed by atoms with Crippen LogP contribution in [0.1, 0.15) is 17.4 Å². The van der Waals surface area contributed by atoms with Gasteiger partial charge in [-0.2, -0.15) is 13.2 Å². The summed E-state index contributed by atoms with van der Waals surface area (Å²) in [5, 5.41) is 8.81. The van der Waals surface area contributed by atoms with E-state index in [0.717, 1.165) is 6.08 Å². The minimum Gasteiger partial charge on any atom is -0.364 e. The van der Waals surface area contributed by atoms with E-state index in [1.165, 1.54) is 19.1 Å². The average Bonchev–Trinajstić information content (AvgIpc) is 2.24. The predicted molar refractivity (Wildman–Crippen MR) is 54.0 cm³/mol. The molecule has 1 rings (SSSR count). The van der Waals surface area contributed by atoms with E-state index in [9.17, 15) is 18.0 Å². The normalized spacial score (nSPS) is 12.4.